The number of carbonyl (C=O) groups excluding carboxylic acids is 1. The van der Waals surface area contributed by atoms with Crippen molar-refractivity contribution in [2.75, 3.05) is 5.32 Å². The van der Waals surface area contributed by atoms with Crippen molar-refractivity contribution in [1.82, 2.24) is 9.59 Å². The van der Waals surface area contributed by atoms with Crippen LogP contribution in [0.3, 0.4) is 0 Å². The van der Waals surface area contributed by atoms with Crippen LogP contribution in [0.25, 0.3) is 0 Å². The quantitative estimate of drug-likeness (QED) is 0.736. The maximum atomic E-state index is 12.1. The van der Waals surface area contributed by atoms with Gasteiger partial charge in [-0.2, -0.15) is 0 Å². The molecule has 3 rings (SSSR count). The third-order valence-corrected chi connectivity index (χ3v) is 4.37. The Morgan fingerprint density at radius 1 is 1.17 bits per heavy atom. The molecule has 0 saturated heterocycles. The Kier molecular flexibility index (Phi) is 5.08. The van der Waals surface area contributed by atoms with Crippen LogP contribution in [0.4, 0.5) is 5.69 Å². The van der Waals surface area contributed by atoms with Gasteiger partial charge in [0.25, 0.3) is 5.91 Å². The molecule has 0 atom stereocenters. The first-order valence-electron chi connectivity index (χ1n) is 7.19. The van der Waals surface area contributed by atoms with E-state index in [1.165, 1.54) is 0 Å². The van der Waals surface area contributed by atoms with Crippen LogP contribution in [0.2, 0.25) is 5.02 Å². The Labute approximate surface area is 148 Å². The number of amides is 1. The Morgan fingerprint density at radius 2 is 1.88 bits per heavy atom. The molecule has 0 spiro atoms. The fourth-order valence-corrected chi connectivity index (χ4v) is 2.69. The molecule has 7 heteroatoms. The third-order valence-electron chi connectivity index (χ3n) is 3.29. The number of halogens is 1. The van der Waals surface area contributed by atoms with Gasteiger partial charge in [-0.05, 0) is 60.4 Å². The molecule has 0 aliphatic carbocycles. The summed E-state index contributed by atoms with van der Waals surface area (Å²) in [4.78, 5) is 12.6. The van der Waals surface area contributed by atoms with E-state index in [4.69, 9.17) is 16.3 Å². The van der Waals surface area contributed by atoms with Gasteiger partial charge in [-0.25, -0.2) is 0 Å². The van der Waals surface area contributed by atoms with Gasteiger partial charge in [-0.1, -0.05) is 28.2 Å². The predicted octanol–water partition coefficient (Wildman–Crippen LogP) is 4.33. The lowest BCUT2D eigenvalue weighted by Crippen LogP contribution is -2.11. The maximum Gasteiger partial charge on any atom is 0.269 e. The number of nitrogens with zero attached hydrogens (tertiary/aromatic N) is 2. The Hall–Kier alpha value is -2.44. The van der Waals surface area contributed by atoms with Gasteiger partial charge in [-0.15, -0.1) is 5.10 Å². The number of aromatic nitrogens is 2. The van der Waals surface area contributed by atoms with Gasteiger partial charge in [0.2, 0.25) is 0 Å². The largest absolute Gasteiger partial charge is 0.489 e. The zero-order chi connectivity index (χ0) is 16.9. The van der Waals surface area contributed by atoms with Crippen molar-refractivity contribution in [3.05, 3.63) is 69.7 Å². The summed E-state index contributed by atoms with van der Waals surface area (Å²) in [5, 5.41) is 7.34. The third kappa shape index (κ3) is 4.10. The van der Waals surface area contributed by atoms with Gasteiger partial charge in [0.15, 0.2) is 0 Å². The minimum Gasteiger partial charge on any atom is -0.489 e. The van der Waals surface area contributed by atoms with E-state index in [0.29, 0.717) is 27.9 Å². The van der Waals surface area contributed by atoms with Crippen molar-refractivity contribution in [3.8, 4) is 5.75 Å². The van der Waals surface area contributed by atoms with Crippen LogP contribution in [0, 0.1) is 6.92 Å². The summed E-state index contributed by atoms with van der Waals surface area (Å²) in [6, 6.07) is 14.7. The summed E-state index contributed by atoms with van der Waals surface area (Å²) in [6.07, 6.45) is 0. The zero-order valence-electron chi connectivity index (χ0n) is 12.8. The molecule has 122 valence electrons. The highest BCUT2D eigenvalue weighted by atomic mass is 35.5. The summed E-state index contributed by atoms with van der Waals surface area (Å²) in [6.45, 7) is 2.21. The SMILES string of the molecule is Cc1nnsc1C(=O)Nc1ccc(OCc2ccc(Cl)cc2)cc1. The highest BCUT2D eigenvalue weighted by Crippen LogP contribution is 2.19. The first-order valence-corrected chi connectivity index (χ1v) is 8.34. The summed E-state index contributed by atoms with van der Waals surface area (Å²) in [7, 11) is 0. The molecule has 0 aliphatic heterocycles. The van der Waals surface area contributed by atoms with Crippen molar-refractivity contribution in [2.45, 2.75) is 13.5 Å². The van der Waals surface area contributed by atoms with E-state index in [2.05, 4.69) is 14.9 Å². The van der Waals surface area contributed by atoms with Crippen molar-refractivity contribution in [3.63, 3.8) is 0 Å². The second-order valence-corrected chi connectivity index (χ2v) is 6.27. The molecule has 1 amide bonds. The summed E-state index contributed by atoms with van der Waals surface area (Å²) in [5.41, 5.74) is 2.34. The minimum atomic E-state index is -0.211. The van der Waals surface area contributed by atoms with Gasteiger partial charge >= 0.3 is 0 Å². The van der Waals surface area contributed by atoms with Crippen LogP contribution in [-0.4, -0.2) is 15.5 Å². The fraction of sp³-hybridized carbons (Fsp3) is 0.118. The van der Waals surface area contributed by atoms with Crippen molar-refractivity contribution >= 4 is 34.7 Å². The molecule has 1 N–H and O–H groups in total. The van der Waals surface area contributed by atoms with Crippen molar-refractivity contribution in [1.29, 1.82) is 0 Å². The first kappa shape index (κ1) is 16.4. The zero-order valence-corrected chi connectivity index (χ0v) is 14.4. The van der Waals surface area contributed by atoms with Crippen LogP contribution < -0.4 is 10.1 Å². The lowest BCUT2D eigenvalue weighted by atomic mass is 10.2. The van der Waals surface area contributed by atoms with E-state index < -0.39 is 0 Å². The minimum absolute atomic E-state index is 0.211. The summed E-state index contributed by atoms with van der Waals surface area (Å²) < 4.78 is 9.47. The van der Waals surface area contributed by atoms with Crippen molar-refractivity contribution < 1.29 is 9.53 Å². The van der Waals surface area contributed by atoms with Gasteiger partial charge in [-0.3, -0.25) is 4.79 Å². The predicted molar refractivity (Wildman–Crippen MR) is 94.8 cm³/mol. The summed E-state index contributed by atoms with van der Waals surface area (Å²) in [5.74, 6) is 0.510. The number of ether oxygens (including phenoxy) is 1. The van der Waals surface area contributed by atoms with E-state index in [1.807, 2.05) is 36.4 Å². The average molecular weight is 360 g/mol. The van der Waals surface area contributed by atoms with E-state index in [1.54, 1.807) is 19.1 Å². The Balaban J connectivity index is 1.58. The molecular weight excluding hydrogens is 346 g/mol. The fourth-order valence-electron chi connectivity index (χ4n) is 2.01. The van der Waals surface area contributed by atoms with Crippen LogP contribution >= 0.6 is 23.1 Å². The topological polar surface area (TPSA) is 64.1 Å². The molecule has 1 heterocycles. The van der Waals surface area contributed by atoms with E-state index in [0.717, 1.165) is 22.8 Å². The number of nitrogens with one attached hydrogen (secondary N) is 1. The molecule has 24 heavy (non-hydrogen) atoms. The molecule has 0 saturated carbocycles. The van der Waals surface area contributed by atoms with Crippen LogP contribution in [0.5, 0.6) is 5.75 Å². The average Bonchev–Trinajstić information content (AvgIpc) is 3.02. The van der Waals surface area contributed by atoms with Gasteiger partial charge < -0.3 is 10.1 Å². The van der Waals surface area contributed by atoms with Crippen molar-refractivity contribution in [2.24, 2.45) is 0 Å². The number of hydrogen-bond donors (Lipinski definition) is 1. The second kappa shape index (κ2) is 7.42. The number of aryl methyl sites for hydroxylation is 1. The van der Waals surface area contributed by atoms with Crippen LogP contribution in [0.1, 0.15) is 20.9 Å². The lowest BCUT2D eigenvalue weighted by Gasteiger charge is -2.08. The molecular formula is C17H14ClN3O2S. The van der Waals surface area contributed by atoms with Crippen LogP contribution in [0.15, 0.2) is 48.5 Å². The highest BCUT2D eigenvalue weighted by molar-refractivity contribution is 7.08. The second-order valence-electron chi connectivity index (χ2n) is 5.08. The van der Waals surface area contributed by atoms with Crippen LogP contribution in [-0.2, 0) is 6.61 Å². The van der Waals surface area contributed by atoms with Gasteiger partial charge in [0, 0.05) is 10.7 Å². The standard InChI is InChI=1S/C17H14ClN3O2S/c1-11-16(24-21-20-11)17(22)19-14-6-8-15(9-7-14)23-10-12-2-4-13(18)5-3-12/h2-9H,10H2,1H3,(H,19,22). The van der Waals surface area contributed by atoms with E-state index in [9.17, 15) is 4.79 Å². The lowest BCUT2D eigenvalue weighted by molar-refractivity contribution is 0.103. The first-order chi connectivity index (χ1) is 11.6. The molecule has 1 aromatic heterocycles. The summed E-state index contributed by atoms with van der Waals surface area (Å²) >= 11 is 6.93. The number of rotatable bonds is 5. The number of carbonyl (C=O) groups is 1. The number of anilines is 1. The number of hydrogen-bond acceptors (Lipinski definition) is 5. The molecule has 0 bridgehead atoms. The molecule has 0 fully saturated rings. The Bertz CT molecular complexity index is 832. The molecule has 0 aliphatic rings. The van der Waals surface area contributed by atoms with E-state index in [-0.39, 0.29) is 5.91 Å². The maximum absolute atomic E-state index is 12.1. The van der Waals surface area contributed by atoms with Gasteiger partial charge in [0.1, 0.15) is 17.2 Å². The van der Waals surface area contributed by atoms with E-state index >= 15 is 0 Å². The smallest absolute Gasteiger partial charge is 0.269 e. The molecule has 0 radical (unpaired) electrons. The van der Waals surface area contributed by atoms with Gasteiger partial charge in [0.05, 0.1) is 5.69 Å². The monoisotopic (exact) mass is 359 g/mol. The molecule has 2 aromatic carbocycles. The molecule has 5 nitrogen and oxygen atoms in total. The Morgan fingerprint density at radius 3 is 2.50 bits per heavy atom. The molecule has 0 unspecified atom stereocenters. The normalized spacial score (nSPS) is 10.4. The number of benzene rings is 2. The highest BCUT2D eigenvalue weighted by Gasteiger charge is 2.13. The molecule has 3 aromatic rings.